The molecule has 0 aliphatic carbocycles. The minimum Gasteiger partial charge on any atom is -0.478 e. The number of aromatic nitrogens is 3. The van der Waals surface area contributed by atoms with Gasteiger partial charge in [0.05, 0.1) is 23.0 Å². The number of halogens is 3. The fourth-order valence-electron chi connectivity index (χ4n) is 2.34. The summed E-state index contributed by atoms with van der Waals surface area (Å²) < 4.78 is 40.0. The molecular formula is C15H9F3N4O3. The number of nitrogens with zero attached hydrogens (tertiary/aromatic N) is 3. The summed E-state index contributed by atoms with van der Waals surface area (Å²) in [6.45, 7) is 0. The molecule has 3 aromatic rings. The van der Waals surface area contributed by atoms with Crippen LogP contribution in [0.1, 0.15) is 26.7 Å². The van der Waals surface area contributed by atoms with Gasteiger partial charge in [0.25, 0.3) is 5.91 Å². The van der Waals surface area contributed by atoms with Crippen molar-refractivity contribution in [2.75, 3.05) is 0 Å². The summed E-state index contributed by atoms with van der Waals surface area (Å²) in [5, 5.41) is 9.21. The van der Waals surface area contributed by atoms with Gasteiger partial charge in [0.2, 0.25) is 5.82 Å². The number of amides is 1. The van der Waals surface area contributed by atoms with Crippen LogP contribution in [0.3, 0.4) is 0 Å². The molecule has 0 aliphatic heterocycles. The molecule has 3 rings (SSSR count). The van der Waals surface area contributed by atoms with Crippen LogP contribution in [0.2, 0.25) is 0 Å². The van der Waals surface area contributed by atoms with Crippen LogP contribution in [0.15, 0.2) is 36.7 Å². The summed E-state index contributed by atoms with van der Waals surface area (Å²) in [4.78, 5) is 29.8. The van der Waals surface area contributed by atoms with Crippen LogP contribution in [-0.2, 0) is 6.18 Å². The zero-order valence-corrected chi connectivity index (χ0v) is 12.3. The number of nitrogens with two attached hydrogens (primary N) is 1. The largest absolute Gasteiger partial charge is 0.478 e. The first-order valence-corrected chi connectivity index (χ1v) is 6.77. The van der Waals surface area contributed by atoms with Gasteiger partial charge in [-0.3, -0.25) is 9.20 Å². The van der Waals surface area contributed by atoms with E-state index in [1.54, 1.807) is 0 Å². The average molecular weight is 350 g/mol. The third-order valence-corrected chi connectivity index (χ3v) is 3.44. The molecule has 0 unspecified atom stereocenters. The highest BCUT2D eigenvalue weighted by molar-refractivity contribution is 5.95. The average Bonchev–Trinajstić information content (AvgIpc) is 2.96. The Hall–Kier alpha value is -3.43. The summed E-state index contributed by atoms with van der Waals surface area (Å²) in [5.41, 5.74) is 3.72. The fraction of sp³-hybridized carbons (Fsp3) is 0.0667. The lowest BCUT2D eigenvalue weighted by atomic mass is 10.1. The highest BCUT2D eigenvalue weighted by atomic mass is 19.4. The van der Waals surface area contributed by atoms with E-state index in [2.05, 4.69) is 9.97 Å². The SMILES string of the molecule is NC(=O)c1ncc2cc(-c3nc(C(F)(F)F)ccc3C(=O)O)ccn12. The number of alkyl halides is 3. The number of fused-ring (bicyclic) bond motifs is 1. The Morgan fingerprint density at radius 3 is 2.52 bits per heavy atom. The molecule has 0 aliphatic rings. The molecular weight excluding hydrogens is 341 g/mol. The lowest BCUT2D eigenvalue weighted by Crippen LogP contribution is -2.15. The molecule has 7 nitrogen and oxygen atoms in total. The maximum absolute atomic E-state index is 12.9. The molecule has 0 atom stereocenters. The Balaban J connectivity index is 2.22. The van der Waals surface area contributed by atoms with Crippen molar-refractivity contribution in [2.45, 2.75) is 6.18 Å². The topological polar surface area (TPSA) is 111 Å². The van der Waals surface area contributed by atoms with E-state index < -0.39 is 23.7 Å². The van der Waals surface area contributed by atoms with Gasteiger partial charge >= 0.3 is 12.1 Å². The van der Waals surface area contributed by atoms with Crippen LogP contribution in [0.25, 0.3) is 16.8 Å². The highest BCUT2D eigenvalue weighted by Gasteiger charge is 2.33. The molecule has 10 heteroatoms. The van der Waals surface area contributed by atoms with E-state index in [9.17, 15) is 27.9 Å². The van der Waals surface area contributed by atoms with Gasteiger partial charge in [0.1, 0.15) is 5.69 Å². The standard InChI is InChI=1S/C15H9F3N4O3/c16-15(17,18)10-2-1-9(14(24)25)11(21-10)7-3-4-22-8(5-7)6-20-13(22)12(19)23/h1-6H,(H2,19,23)(H,24,25). The van der Waals surface area contributed by atoms with Crippen LogP contribution < -0.4 is 5.73 Å². The van der Waals surface area contributed by atoms with Gasteiger partial charge in [-0.15, -0.1) is 0 Å². The second-order valence-corrected chi connectivity index (χ2v) is 5.05. The van der Waals surface area contributed by atoms with Crippen LogP contribution in [-0.4, -0.2) is 31.4 Å². The molecule has 3 N–H and O–H groups in total. The van der Waals surface area contributed by atoms with E-state index in [0.29, 0.717) is 11.6 Å². The van der Waals surface area contributed by atoms with Gasteiger partial charge in [0.15, 0.2) is 0 Å². The van der Waals surface area contributed by atoms with Gasteiger partial charge in [-0.05, 0) is 24.3 Å². The highest BCUT2D eigenvalue weighted by Crippen LogP contribution is 2.31. The summed E-state index contributed by atoms with van der Waals surface area (Å²) in [6, 6.07) is 4.16. The number of hydrogen-bond donors (Lipinski definition) is 2. The molecule has 0 saturated heterocycles. The number of carboxylic acid groups (broad SMARTS) is 1. The number of hydrogen-bond acceptors (Lipinski definition) is 4. The van der Waals surface area contributed by atoms with Gasteiger partial charge in [-0.2, -0.15) is 13.2 Å². The number of carbonyl (C=O) groups is 2. The first kappa shape index (κ1) is 16.4. The Morgan fingerprint density at radius 1 is 1.20 bits per heavy atom. The number of rotatable bonds is 3. The number of pyridine rings is 2. The molecule has 128 valence electrons. The lowest BCUT2D eigenvalue weighted by Gasteiger charge is -2.11. The zero-order chi connectivity index (χ0) is 18.4. The van der Waals surface area contributed by atoms with Crippen LogP contribution in [0, 0.1) is 0 Å². The molecule has 0 bridgehead atoms. The second kappa shape index (κ2) is 5.58. The smallest absolute Gasteiger partial charge is 0.433 e. The van der Waals surface area contributed by atoms with Gasteiger partial charge in [-0.25, -0.2) is 14.8 Å². The van der Waals surface area contributed by atoms with Gasteiger partial charge in [0, 0.05) is 11.8 Å². The molecule has 0 radical (unpaired) electrons. The monoisotopic (exact) mass is 350 g/mol. The van der Waals surface area contributed by atoms with Crippen molar-refractivity contribution in [3.8, 4) is 11.3 Å². The maximum Gasteiger partial charge on any atom is 0.433 e. The van der Waals surface area contributed by atoms with E-state index in [4.69, 9.17) is 5.73 Å². The lowest BCUT2D eigenvalue weighted by molar-refractivity contribution is -0.141. The van der Waals surface area contributed by atoms with Crippen LogP contribution in [0.4, 0.5) is 13.2 Å². The Morgan fingerprint density at radius 2 is 1.92 bits per heavy atom. The third-order valence-electron chi connectivity index (χ3n) is 3.44. The van der Waals surface area contributed by atoms with Crippen molar-refractivity contribution in [2.24, 2.45) is 5.73 Å². The van der Waals surface area contributed by atoms with Crippen molar-refractivity contribution in [1.82, 2.24) is 14.4 Å². The van der Waals surface area contributed by atoms with Crippen molar-refractivity contribution >= 4 is 17.4 Å². The van der Waals surface area contributed by atoms with E-state index in [-0.39, 0.29) is 22.6 Å². The number of carbonyl (C=O) groups excluding carboxylic acids is 1. The van der Waals surface area contributed by atoms with Gasteiger partial charge in [-0.1, -0.05) is 0 Å². The Kier molecular flexibility index (Phi) is 3.67. The van der Waals surface area contributed by atoms with E-state index >= 15 is 0 Å². The maximum atomic E-state index is 12.9. The number of aromatic carboxylic acids is 1. The quantitative estimate of drug-likeness (QED) is 0.752. The molecule has 1 amide bonds. The van der Waals surface area contributed by atoms with E-state index in [1.807, 2.05) is 0 Å². The van der Waals surface area contributed by atoms with Crippen molar-refractivity contribution < 1.29 is 27.9 Å². The van der Waals surface area contributed by atoms with Crippen molar-refractivity contribution in [1.29, 1.82) is 0 Å². The molecule has 0 saturated carbocycles. The summed E-state index contributed by atoms with van der Waals surface area (Å²) in [7, 11) is 0. The second-order valence-electron chi connectivity index (χ2n) is 5.05. The molecule has 3 heterocycles. The predicted molar refractivity (Wildman–Crippen MR) is 78.9 cm³/mol. The molecule has 0 spiro atoms. The summed E-state index contributed by atoms with van der Waals surface area (Å²) >= 11 is 0. The normalized spacial score (nSPS) is 11.6. The molecule has 25 heavy (non-hydrogen) atoms. The first-order chi connectivity index (χ1) is 11.7. The van der Waals surface area contributed by atoms with E-state index in [1.165, 1.54) is 28.9 Å². The summed E-state index contributed by atoms with van der Waals surface area (Å²) in [5.74, 6) is -2.25. The first-order valence-electron chi connectivity index (χ1n) is 6.77. The molecule has 3 aromatic heterocycles. The molecule has 0 fully saturated rings. The van der Waals surface area contributed by atoms with Crippen molar-refractivity contribution in [3.63, 3.8) is 0 Å². The number of carboxylic acids is 1. The Bertz CT molecular complexity index is 1010. The van der Waals surface area contributed by atoms with Crippen LogP contribution in [0.5, 0.6) is 0 Å². The number of imidazole rings is 1. The summed E-state index contributed by atoms with van der Waals surface area (Å²) in [6.07, 6.45) is -2.07. The van der Waals surface area contributed by atoms with Gasteiger partial charge < -0.3 is 10.8 Å². The molecule has 0 aromatic carbocycles. The predicted octanol–water partition coefficient (Wildman–Crippen LogP) is 2.21. The zero-order valence-electron chi connectivity index (χ0n) is 12.3. The fourth-order valence-corrected chi connectivity index (χ4v) is 2.34. The third kappa shape index (κ3) is 2.89. The minimum atomic E-state index is -4.72. The number of primary amides is 1. The van der Waals surface area contributed by atoms with Crippen molar-refractivity contribution in [3.05, 3.63) is 53.7 Å². The van der Waals surface area contributed by atoms with Crippen LogP contribution >= 0.6 is 0 Å². The Labute approximate surface area is 137 Å². The van der Waals surface area contributed by atoms with E-state index in [0.717, 1.165) is 6.07 Å². The minimum absolute atomic E-state index is 0.0583.